The van der Waals surface area contributed by atoms with Gasteiger partial charge in [-0.3, -0.25) is 14.6 Å². The fourth-order valence-corrected chi connectivity index (χ4v) is 4.17. The van der Waals surface area contributed by atoms with Gasteiger partial charge in [-0.15, -0.1) is 0 Å². The van der Waals surface area contributed by atoms with Crippen molar-refractivity contribution in [3.63, 3.8) is 0 Å². The Labute approximate surface area is 200 Å². The summed E-state index contributed by atoms with van der Waals surface area (Å²) in [4.78, 5) is 28.9. The average Bonchev–Trinajstić information content (AvgIpc) is 3.69. The highest BCUT2D eigenvalue weighted by molar-refractivity contribution is 7.91. The molecule has 3 N–H and O–H groups in total. The van der Waals surface area contributed by atoms with Crippen LogP contribution in [0.1, 0.15) is 48.2 Å². The first-order valence-electron chi connectivity index (χ1n) is 11.4. The van der Waals surface area contributed by atoms with Crippen molar-refractivity contribution >= 4 is 21.7 Å². The zero-order chi connectivity index (χ0) is 25.0. The second-order valence-electron chi connectivity index (χ2n) is 8.04. The van der Waals surface area contributed by atoms with E-state index >= 15 is 0 Å². The van der Waals surface area contributed by atoms with E-state index in [0.29, 0.717) is 0 Å². The van der Waals surface area contributed by atoms with Gasteiger partial charge in [-0.2, -0.15) is 0 Å². The molecule has 2 amide bonds. The molecule has 0 spiro atoms. The second kappa shape index (κ2) is 13.8. The molecule has 1 saturated heterocycles. The maximum absolute atomic E-state index is 12.4. The molecule has 4 rings (SSSR count). The molecule has 2 aromatic rings. The quantitative estimate of drug-likeness (QED) is 0.659. The molecule has 1 aliphatic heterocycles. The number of sulfone groups is 1. The summed E-state index contributed by atoms with van der Waals surface area (Å²) in [7, 11) is -3.01. The molecule has 0 bridgehead atoms. The van der Waals surface area contributed by atoms with Crippen molar-refractivity contribution in [2.45, 2.75) is 32.1 Å². The van der Waals surface area contributed by atoms with Gasteiger partial charge in [-0.25, -0.2) is 12.8 Å². The molecule has 34 heavy (non-hydrogen) atoms. The lowest BCUT2D eigenvalue weighted by Gasteiger charge is -2.26. The van der Waals surface area contributed by atoms with Crippen LogP contribution in [-0.2, 0) is 14.6 Å². The number of halogens is 1. The normalized spacial score (nSPS) is 16.3. The standard InChI is InChI=1S/C12H15N3O4S.C9H9F.C3H9N/c16-11(15-5-7-20(18,19)8-6-15)9-14-12(17)10-3-1-2-4-13-10;10-9-5-3-8(4-6-9)7-1-2-7;1-2-3-4/h1-4H,5-9H2,(H,14,17);3-7H,1-2H2;2-4H2,1H3. The van der Waals surface area contributed by atoms with Crippen LogP contribution in [-0.4, -0.2) is 67.8 Å². The zero-order valence-electron chi connectivity index (χ0n) is 19.5. The van der Waals surface area contributed by atoms with E-state index in [2.05, 4.69) is 17.2 Å². The summed E-state index contributed by atoms with van der Waals surface area (Å²) >= 11 is 0. The molecule has 0 atom stereocenters. The Bertz CT molecular complexity index is 997. The van der Waals surface area contributed by atoms with E-state index in [1.54, 1.807) is 18.2 Å². The maximum atomic E-state index is 12.4. The minimum atomic E-state index is -3.01. The van der Waals surface area contributed by atoms with Crippen molar-refractivity contribution in [3.05, 3.63) is 65.7 Å². The van der Waals surface area contributed by atoms with Gasteiger partial charge >= 0.3 is 0 Å². The third kappa shape index (κ3) is 9.96. The Morgan fingerprint density at radius 2 is 1.74 bits per heavy atom. The van der Waals surface area contributed by atoms with Crippen LogP contribution in [0.4, 0.5) is 4.39 Å². The highest BCUT2D eigenvalue weighted by Crippen LogP contribution is 2.39. The van der Waals surface area contributed by atoms with Crippen LogP contribution >= 0.6 is 0 Å². The summed E-state index contributed by atoms with van der Waals surface area (Å²) in [6.07, 6.45) is 5.16. The van der Waals surface area contributed by atoms with E-state index in [-0.39, 0.29) is 48.6 Å². The monoisotopic (exact) mass is 492 g/mol. The summed E-state index contributed by atoms with van der Waals surface area (Å²) < 4.78 is 34.9. The molecule has 1 aromatic carbocycles. The van der Waals surface area contributed by atoms with Crippen LogP contribution in [0.15, 0.2) is 48.7 Å². The van der Waals surface area contributed by atoms with Gasteiger partial charge in [0.25, 0.3) is 5.91 Å². The van der Waals surface area contributed by atoms with Crippen molar-refractivity contribution in [3.8, 4) is 0 Å². The number of amides is 2. The summed E-state index contributed by atoms with van der Waals surface area (Å²) in [6.45, 7) is 3.08. The van der Waals surface area contributed by atoms with E-state index in [1.165, 1.54) is 41.6 Å². The zero-order valence-corrected chi connectivity index (χ0v) is 20.3. The fourth-order valence-electron chi connectivity index (χ4n) is 2.97. The van der Waals surface area contributed by atoms with Gasteiger partial charge in [0.15, 0.2) is 9.84 Å². The van der Waals surface area contributed by atoms with Crippen molar-refractivity contribution in [2.75, 3.05) is 37.7 Å². The summed E-state index contributed by atoms with van der Waals surface area (Å²) in [5, 5.41) is 2.47. The van der Waals surface area contributed by atoms with Gasteiger partial charge in [0.2, 0.25) is 5.91 Å². The minimum absolute atomic E-state index is 0.0209. The lowest BCUT2D eigenvalue weighted by molar-refractivity contribution is -0.129. The SMILES string of the molecule is CCCN.Fc1ccc(C2CC2)cc1.O=C(NCC(=O)N1CCS(=O)(=O)CC1)c1ccccn1. The first kappa shape index (κ1) is 27.4. The average molecular weight is 493 g/mol. The molecule has 1 saturated carbocycles. The van der Waals surface area contributed by atoms with Crippen molar-refractivity contribution in [1.82, 2.24) is 15.2 Å². The van der Waals surface area contributed by atoms with Gasteiger partial charge in [-0.05, 0) is 61.6 Å². The predicted molar refractivity (Wildman–Crippen MR) is 130 cm³/mol. The number of benzene rings is 1. The van der Waals surface area contributed by atoms with Gasteiger partial charge in [0.05, 0.1) is 18.1 Å². The molecule has 186 valence electrons. The Hall–Kier alpha value is -2.85. The van der Waals surface area contributed by atoms with Gasteiger partial charge in [0.1, 0.15) is 11.5 Å². The van der Waals surface area contributed by atoms with Crippen LogP contribution in [0.25, 0.3) is 0 Å². The number of carbonyl (C=O) groups is 2. The second-order valence-corrected chi connectivity index (χ2v) is 10.3. The van der Waals surface area contributed by atoms with E-state index in [9.17, 15) is 22.4 Å². The number of nitrogens with one attached hydrogen (secondary N) is 1. The Morgan fingerprint density at radius 1 is 1.12 bits per heavy atom. The maximum Gasteiger partial charge on any atom is 0.270 e. The molecule has 1 aromatic heterocycles. The van der Waals surface area contributed by atoms with E-state index < -0.39 is 15.7 Å². The molecule has 8 nitrogen and oxygen atoms in total. The molecule has 2 fully saturated rings. The van der Waals surface area contributed by atoms with E-state index in [0.717, 1.165) is 18.9 Å². The number of carbonyl (C=O) groups excluding carboxylic acids is 2. The van der Waals surface area contributed by atoms with Crippen molar-refractivity contribution in [2.24, 2.45) is 5.73 Å². The smallest absolute Gasteiger partial charge is 0.270 e. The molecular formula is C24H33FN4O4S. The van der Waals surface area contributed by atoms with Crippen LogP contribution in [0.2, 0.25) is 0 Å². The Morgan fingerprint density at radius 3 is 2.24 bits per heavy atom. The number of nitrogens with zero attached hydrogens (tertiary/aromatic N) is 2. The van der Waals surface area contributed by atoms with Crippen LogP contribution in [0, 0.1) is 5.82 Å². The fraction of sp³-hybridized carbons (Fsp3) is 0.458. The highest BCUT2D eigenvalue weighted by Gasteiger charge is 2.25. The number of pyridine rings is 1. The van der Waals surface area contributed by atoms with E-state index in [4.69, 9.17) is 5.73 Å². The predicted octanol–water partition coefficient (Wildman–Crippen LogP) is 2.13. The summed E-state index contributed by atoms with van der Waals surface area (Å²) in [6, 6.07) is 11.8. The molecular weight excluding hydrogens is 459 g/mol. The third-order valence-electron chi connectivity index (χ3n) is 5.20. The first-order valence-corrected chi connectivity index (χ1v) is 13.2. The number of nitrogens with two attached hydrogens (primary N) is 1. The number of hydrogen-bond acceptors (Lipinski definition) is 6. The van der Waals surface area contributed by atoms with Gasteiger partial charge in [0, 0.05) is 19.3 Å². The van der Waals surface area contributed by atoms with Gasteiger partial charge in [-0.1, -0.05) is 25.1 Å². The van der Waals surface area contributed by atoms with Crippen molar-refractivity contribution in [1.29, 1.82) is 0 Å². The van der Waals surface area contributed by atoms with Crippen LogP contribution in [0.3, 0.4) is 0 Å². The number of hydrogen-bond donors (Lipinski definition) is 2. The lowest BCUT2D eigenvalue weighted by Crippen LogP contribution is -2.47. The number of rotatable bonds is 5. The first-order chi connectivity index (χ1) is 16.3. The largest absolute Gasteiger partial charge is 0.342 e. The van der Waals surface area contributed by atoms with Gasteiger partial charge < -0.3 is 16.0 Å². The Kier molecular flexibility index (Phi) is 11.1. The Balaban J connectivity index is 0.000000240. The van der Waals surface area contributed by atoms with Crippen molar-refractivity contribution < 1.29 is 22.4 Å². The lowest BCUT2D eigenvalue weighted by atomic mass is 10.1. The molecule has 0 radical (unpaired) electrons. The molecule has 2 aliphatic rings. The van der Waals surface area contributed by atoms with E-state index in [1.807, 2.05) is 12.1 Å². The molecule has 1 aliphatic carbocycles. The minimum Gasteiger partial charge on any atom is -0.342 e. The number of aromatic nitrogens is 1. The molecule has 2 heterocycles. The topological polar surface area (TPSA) is 122 Å². The summed E-state index contributed by atoms with van der Waals surface area (Å²) in [5.74, 6) is -0.155. The highest BCUT2D eigenvalue weighted by atomic mass is 32.2. The van der Waals surface area contributed by atoms with Crippen LogP contribution < -0.4 is 11.1 Å². The van der Waals surface area contributed by atoms with Crippen LogP contribution in [0.5, 0.6) is 0 Å². The summed E-state index contributed by atoms with van der Waals surface area (Å²) in [5.41, 5.74) is 6.56. The molecule has 0 unspecified atom stereocenters. The molecule has 10 heteroatoms. The third-order valence-corrected chi connectivity index (χ3v) is 6.81.